The van der Waals surface area contributed by atoms with Crippen molar-refractivity contribution >= 4 is 68.6 Å². The molecule has 0 aliphatic carbocycles. The number of nitrogens with one attached hydrogen (secondary N) is 1. The summed E-state index contributed by atoms with van der Waals surface area (Å²) in [5, 5.41) is 4.16. The quantitative estimate of drug-likeness (QED) is 0.174. The predicted molar refractivity (Wildman–Crippen MR) is 336 cm³/mol. The van der Waals surface area contributed by atoms with Gasteiger partial charge in [-0.15, -0.1) is 0 Å². The average molecular weight is 1040 g/mol. The summed E-state index contributed by atoms with van der Waals surface area (Å²) in [4.78, 5) is 5.04. The summed E-state index contributed by atoms with van der Waals surface area (Å²) in [5.74, 6) is 3.54. The van der Waals surface area contributed by atoms with Crippen LogP contribution in [0.1, 0.15) is 74.9 Å². The minimum absolute atomic E-state index is 0.175. The van der Waals surface area contributed by atoms with Gasteiger partial charge in [-0.2, -0.15) is 0 Å². The standard InChI is InChI=1S/C75H58BN3O2/c1-73(2)53-31-16-19-34-63(53)78(50-27-14-9-15-28-50)64-38-37-48(39-56(64)73)49-40-62-71-66(41-49)79(72-51(46-23-10-7-11-24-46)29-22-30-52(72)47-25-12-8-13-26-47)65-45-70-58(75(5,6)55-33-18-21-36-68(55)81-70)43-60(65)76(71)59-42-57-69(44-61(59)77-62)80-67-35-20-17-32-54(67)74(57,3)4/h7-45,77H,1-6H3. The molecule has 5 heterocycles. The first-order valence-electron chi connectivity index (χ1n) is 28.4. The molecule has 16 rings (SSSR count). The predicted octanol–water partition coefficient (Wildman–Crippen LogP) is 18.0. The number of ether oxygens (including phenoxy) is 2. The van der Waals surface area contributed by atoms with Gasteiger partial charge in [0.15, 0.2) is 0 Å². The van der Waals surface area contributed by atoms with Gasteiger partial charge in [0.25, 0.3) is 6.71 Å². The summed E-state index contributed by atoms with van der Waals surface area (Å²) in [6.45, 7) is 14.0. The Hall–Kier alpha value is -9.52. The zero-order valence-electron chi connectivity index (χ0n) is 46.3. The van der Waals surface area contributed by atoms with Crippen LogP contribution in [0.4, 0.5) is 45.5 Å². The number of hydrogen-bond donors (Lipinski definition) is 1. The molecule has 0 fully saturated rings. The van der Waals surface area contributed by atoms with Gasteiger partial charge in [-0.05, 0) is 104 Å². The maximum Gasteiger partial charge on any atom is 0.252 e. The van der Waals surface area contributed by atoms with E-state index < -0.39 is 0 Å². The van der Waals surface area contributed by atoms with E-state index in [0.717, 1.165) is 90.5 Å². The Labute approximate surface area is 474 Å². The van der Waals surface area contributed by atoms with Crippen molar-refractivity contribution in [3.8, 4) is 56.4 Å². The van der Waals surface area contributed by atoms with Gasteiger partial charge in [0.05, 0.1) is 17.1 Å². The van der Waals surface area contributed by atoms with Gasteiger partial charge >= 0.3 is 0 Å². The van der Waals surface area contributed by atoms with Crippen LogP contribution in [0.3, 0.4) is 0 Å². The van der Waals surface area contributed by atoms with E-state index in [1.807, 2.05) is 0 Å². The molecule has 0 bridgehead atoms. The molecule has 6 heteroatoms. The Morgan fingerprint density at radius 1 is 0.333 bits per heavy atom. The largest absolute Gasteiger partial charge is 0.457 e. The molecule has 0 radical (unpaired) electrons. The normalized spacial score (nSPS) is 15.6. The van der Waals surface area contributed by atoms with Crippen molar-refractivity contribution < 1.29 is 9.47 Å². The molecule has 0 amide bonds. The van der Waals surface area contributed by atoms with Gasteiger partial charge in [0.2, 0.25) is 0 Å². The van der Waals surface area contributed by atoms with Gasteiger partial charge in [0.1, 0.15) is 23.0 Å². The zero-order chi connectivity index (χ0) is 54.5. The number of rotatable bonds is 5. The fourth-order valence-electron chi connectivity index (χ4n) is 14.4. The molecule has 388 valence electrons. The Balaban J connectivity index is 1.01. The van der Waals surface area contributed by atoms with Crippen LogP contribution in [0.2, 0.25) is 0 Å². The SMILES string of the molecule is CC1(C)c2ccccc2Oc2cc3c(cc21)B1c2cc4c(cc2N(c2c(-c5ccccc5)cccc2-c2ccccc2)c2cc(-c5ccc6c(c5)C(C)(C)c5ccccc5N6c5ccccc5)cc(c21)N3)Oc1ccccc1C4(C)C. The fourth-order valence-corrected chi connectivity index (χ4v) is 14.4. The van der Waals surface area contributed by atoms with E-state index in [0.29, 0.717) is 0 Å². The molecule has 0 atom stereocenters. The van der Waals surface area contributed by atoms with E-state index in [-0.39, 0.29) is 23.0 Å². The van der Waals surface area contributed by atoms with Gasteiger partial charge in [-0.1, -0.05) is 211 Å². The van der Waals surface area contributed by atoms with Gasteiger partial charge in [-0.3, -0.25) is 0 Å². The highest BCUT2D eigenvalue weighted by Crippen LogP contribution is 2.57. The van der Waals surface area contributed by atoms with Crippen molar-refractivity contribution in [3.63, 3.8) is 0 Å². The summed E-state index contributed by atoms with van der Waals surface area (Å²) < 4.78 is 14.1. The second-order valence-electron chi connectivity index (χ2n) is 24.1. The number of benzene rings is 11. The smallest absolute Gasteiger partial charge is 0.252 e. The molecule has 11 aromatic rings. The molecule has 0 aromatic heterocycles. The van der Waals surface area contributed by atoms with Crippen molar-refractivity contribution in [1.82, 2.24) is 0 Å². The first kappa shape index (κ1) is 47.5. The Morgan fingerprint density at radius 2 is 0.864 bits per heavy atom. The van der Waals surface area contributed by atoms with Crippen molar-refractivity contribution in [1.29, 1.82) is 0 Å². The molecule has 11 aromatic carbocycles. The number of para-hydroxylation sites is 5. The summed E-state index contributed by atoms with van der Waals surface area (Å²) in [6.07, 6.45) is 0. The number of anilines is 8. The summed E-state index contributed by atoms with van der Waals surface area (Å²) in [7, 11) is 0. The highest BCUT2D eigenvalue weighted by Gasteiger charge is 2.47. The van der Waals surface area contributed by atoms with Crippen molar-refractivity contribution in [2.24, 2.45) is 0 Å². The molecule has 0 unspecified atom stereocenters. The molecular formula is C75H58BN3O2. The Morgan fingerprint density at radius 3 is 1.51 bits per heavy atom. The van der Waals surface area contributed by atoms with Crippen LogP contribution in [0.25, 0.3) is 33.4 Å². The van der Waals surface area contributed by atoms with E-state index >= 15 is 0 Å². The van der Waals surface area contributed by atoms with E-state index in [9.17, 15) is 0 Å². The molecule has 1 N–H and O–H groups in total. The first-order chi connectivity index (χ1) is 39.4. The van der Waals surface area contributed by atoms with Crippen molar-refractivity contribution in [2.75, 3.05) is 15.1 Å². The van der Waals surface area contributed by atoms with E-state index in [1.165, 1.54) is 61.1 Å². The topological polar surface area (TPSA) is 37.0 Å². The lowest BCUT2D eigenvalue weighted by Gasteiger charge is -2.45. The molecule has 5 aliphatic rings. The minimum atomic E-state index is -0.365. The second kappa shape index (κ2) is 17.2. The zero-order valence-corrected chi connectivity index (χ0v) is 46.3. The lowest BCUT2D eigenvalue weighted by atomic mass is 9.33. The van der Waals surface area contributed by atoms with Crippen LogP contribution in [0.5, 0.6) is 23.0 Å². The van der Waals surface area contributed by atoms with E-state index in [1.54, 1.807) is 0 Å². The van der Waals surface area contributed by atoms with Crippen LogP contribution in [-0.2, 0) is 16.2 Å². The molecular weight excluding hydrogens is 986 g/mol. The fraction of sp³-hybridized carbons (Fsp3) is 0.120. The maximum atomic E-state index is 7.16. The Kier molecular flexibility index (Phi) is 10.1. The average Bonchev–Trinajstić information content (AvgIpc) is 2.91. The summed E-state index contributed by atoms with van der Waals surface area (Å²) >= 11 is 0. The molecule has 5 aliphatic heterocycles. The van der Waals surface area contributed by atoms with E-state index in [4.69, 9.17) is 9.47 Å². The highest BCUT2D eigenvalue weighted by atomic mass is 16.5. The maximum absolute atomic E-state index is 7.16. The number of hydrogen-bond acceptors (Lipinski definition) is 5. The highest BCUT2D eigenvalue weighted by molar-refractivity contribution is 7.00. The summed E-state index contributed by atoms with van der Waals surface area (Å²) in [6, 6.07) is 87.1. The molecule has 5 nitrogen and oxygen atoms in total. The summed E-state index contributed by atoms with van der Waals surface area (Å²) in [5.41, 5.74) is 25.7. The number of nitrogens with zero attached hydrogens (tertiary/aromatic N) is 2. The number of fused-ring (bicyclic) bond motifs is 10. The molecule has 0 saturated carbocycles. The van der Waals surface area contributed by atoms with Crippen LogP contribution in [0.15, 0.2) is 237 Å². The van der Waals surface area contributed by atoms with Crippen molar-refractivity contribution in [2.45, 2.75) is 57.8 Å². The van der Waals surface area contributed by atoms with Crippen LogP contribution < -0.4 is 41.0 Å². The molecule has 0 saturated heterocycles. The molecule has 81 heavy (non-hydrogen) atoms. The third-order valence-electron chi connectivity index (χ3n) is 18.5. The van der Waals surface area contributed by atoms with Crippen LogP contribution >= 0.6 is 0 Å². The monoisotopic (exact) mass is 1040 g/mol. The Bertz CT molecular complexity index is 4370. The van der Waals surface area contributed by atoms with Gasteiger partial charge in [-0.25, -0.2) is 0 Å². The lowest BCUT2D eigenvalue weighted by Crippen LogP contribution is -2.60. The molecule has 0 spiro atoms. The second-order valence-corrected chi connectivity index (χ2v) is 24.1. The lowest BCUT2D eigenvalue weighted by molar-refractivity contribution is 0.418. The van der Waals surface area contributed by atoms with E-state index in [2.05, 4.69) is 293 Å². The third-order valence-corrected chi connectivity index (χ3v) is 18.5. The minimum Gasteiger partial charge on any atom is -0.457 e. The van der Waals surface area contributed by atoms with Gasteiger partial charge in [0, 0.05) is 90.2 Å². The van der Waals surface area contributed by atoms with Crippen LogP contribution in [-0.4, -0.2) is 6.71 Å². The van der Waals surface area contributed by atoms with Gasteiger partial charge < -0.3 is 24.6 Å². The first-order valence-corrected chi connectivity index (χ1v) is 28.4. The van der Waals surface area contributed by atoms with Crippen LogP contribution in [0, 0.1) is 0 Å². The third kappa shape index (κ3) is 6.93. The van der Waals surface area contributed by atoms with Crippen molar-refractivity contribution in [3.05, 3.63) is 270 Å².